The summed E-state index contributed by atoms with van der Waals surface area (Å²) in [6.07, 6.45) is 3.47. The van der Waals surface area contributed by atoms with Crippen LogP contribution in [0.5, 0.6) is 0 Å². The first-order valence-corrected chi connectivity index (χ1v) is 7.15. The number of carbonyl (C=O) groups excluding carboxylic acids is 1. The lowest BCUT2D eigenvalue weighted by atomic mass is 9.71. The van der Waals surface area contributed by atoms with E-state index in [4.69, 9.17) is 10.5 Å². The summed E-state index contributed by atoms with van der Waals surface area (Å²) in [6, 6.07) is -0.222. The van der Waals surface area contributed by atoms with Crippen LogP contribution in [0.4, 0.5) is 0 Å². The van der Waals surface area contributed by atoms with Crippen LogP contribution in [-0.4, -0.2) is 42.4 Å². The zero-order chi connectivity index (χ0) is 14.1. The Hall–Kier alpha value is -0.650. The van der Waals surface area contributed by atoms with E-state index in [-0.39, 0.29) is 17.9 Å². The van der Waals surface area contributed by atoms with Crippen LogP contribution in [0.15, 0.2) is 0 Å². The minimum Gasteiger partial charge on any atom is -0.388 e. The first-order chi connectivity index (χ1) is 8.81. The molecule has 0 spiro atoms. The Morgan fingerprint density at radius 2 is 1.95 bits per heavy atom. The zero-order valence-corrected chi connectivity index (χ0v) is 11.9. The molecule has 0 radical (unpaired) electrons. The van der Waals surface area contributed by atoms with Gasteiger partial charge in [0.25, 0.3) is 0 Å². The highest BCUT2D eigenvalue weighted by Crippen LogP contribution is 2.39. The van der Waals surface area contributed by atoms with E-state index in [9.17, 15) is 9.90 Å². The van der Waals surface area contributed by atoms with Crippen LogP contribution < -0.4 is 11.1 Å². The highest BCUT2D eigenvalue weighted by molar-refractivity contribution is 5.79. The lowest BCUT2D eigenvalue weighted by Crippen LogP contribution is -2.49. The predicted octanol–water partition coefficient (Wildman–Crippen LogP) is 0.408. The highest BCUT2D eigenvalue weighted by Gasteiger charge is 2.38. The zero-order valence-electron chi connectivity index (χ0n) is 11.9. The molecule has 110 valence electrons. The van der Waals surface area contributed by atoms with Crippen LogP contribution in [0.1, 0.15) is 39.5 Å². The van der Waals surface area contributed by atoms with Gasteiger partial charge in [-0.05, 0) is 31.1 Å². The summed E-state index contributed by atoms with van der Waals surface area (Å²) >= 11 is 0. The average molecular weight is 270 g/mol. The second-order valence-electron chi connectivity index (χ2n) is 6.91. The van der Waals surface area contributed by atoms with Crippen molar-refractivity contribution in [2.45, 2.75) is 51.2 Å². The summed E-state index contributed by atoms with van der Waals surface area (Å²) in [5, 5.41) is 13.3. The Morgan fingerprint density at radius 1 is 1.32 bits per heavy atom. The maximum atomic E-state index is 12.0. The van der Waals surface area contributed by atoms with Crippen molar-refractivity contribution in [2.75, 3.05) is 19.8 Å². The van der Waals surface area contributed by atoms with Gasteiger partial charge in [-0.3, -0.25) is 4.79 Å². The van der Waals surface area contributed by atoms with Crippen molar-refractivity contribution in [1.29, 1.82) is 0 Å². The quantitative estimate of drug-likeness (QED) is 0.693. The van der Waals surface area contributed by atoms with Gasteiger partial charge in [-0.1, -0.05) is 13.8 Å². The highest BCUT2D eigenvalue weighted by atomic mass is 16.5. The minimum atomic E-state index is -0.755. The Morgan fingerprint density at radius 3 is 2.47 bits per heavy atom. The number of carbonyl (C=O) groups is 1. The average Bonchev–Trinajstić information content (AvgIpc) is 2.77. The van der Waals surface area contributed by atoms with Crippen LogP contribution in [0.25, 0.3) is 0 Å². The molecule has 1 saturated heterocycles. The smallest absolute Gasteiger partial charge is 0.227 e. The fraction of sp³-hybridized carbons (Fsp3) is 0.929. The summed E-state index contributed by atoms with van der Waals surface area (Å²) in [6.45, 7) is 5.60. The second kappa shape index (κ2) is 5.38. The third-order valence-electron chi connectivity index (χ3n) is 4.59. The van der Waals surface area contributed by atoms with E-state index in [1.807, 2.05) is 0 Å². The van der Waals surface area contributed by atoms with E-state index in [1.165, 1.54) is 0 Å². The first kappa shape index (κ1) is 14.8. The van der Waals surface area contributed by atoms with Crippen molar-refractivity contribution in [3.8, 4) is 0 Å². The van der Waals surface area contributed by atoms with E-state index >= 15 is 0 Å². The molecule has 5 heteroatoms. The lowest BCUT2D eigenvalue weighted by Gasteiger charge is -2.40. The van der Waals surface area contributed by atoms with Gasteiger partial charge in [-0.15, -0.1) is 0 Å². The molecule has 2 aliphatic rings. The lowest BCUT2D eigenvalue weighted by molar-refractivity contribution is -0.127. The molecule has 4 N–H and O–H groups in total. The maximum Gasteiger partial charge on any atom is 0.227 e. The van der Waals surface area contributed by atoms with Crippen LogP contribution in [0.3, 0.4) is 0 Å². The topological polar surface area (TPSA) is 84.6 Å². The van der Waals surface area contributed by atoms with E-state index in [2.05, 4.69) is 19.2 Å². The van der Waals surface area contributed by atoms with E-state index in [1.54, 1.807) is 0 Å². The van der Waals surface area contributed by atoms with Gasteiger partial charge < -0.3 is 20.9 Å². The molecule has 0 aromatic carbocycles. The summed E-state index contributed by atoms with van der Waals surface area (Å²) in [4.78, 5) is 12.0. The molecule has 1 amide bonds. The fourth-order valence-electron chi connectivity index (χ4n) is 2.79. The molecule has 0 aromatic heterocycles. The molecule has 2 fully saturated rings. The summed E-state index contributed by atoms with van der Waals surface area (Å²) in [5.41, 5.74) is 5.36. The van der Waals surface area contributed by atoms with Crippen LogP contribution in [0, 0.1) is 11.3 Å². The number of amides is 1. The molecule has 1 aliphatic heterocycles. The second-order valence-corrected chi connectivity index (χ2v) is 6.91. The van der Waals surface area contributed by atoms with Crippen molar-refractivity contribution in [1.82, 2.24) is 5.32 Å². The number of nitrogens with two attached hydrogens (primary N) is 1. The number of hydrogen-bond acceptors (Lipinski definition) is 4. The monoisotopic (exact) mass is 270 g/mol. The fourth-order valence-corrected chi connectivity index (χ4v) is 2.79. The Bertz CT molecular complexity index is 334. The van der Waals surface area contributed by atoms with E-state index in [0.717, 1.165) is 25.7 Å². The summed E-state index contributed by atoms with van der Waals surface area (Å²) in [5.74, 6) is -0.369. The van der Waals surface area contributed by atoms with Crippen LogP contribution in [-0.2, 0) is 9.53 Å². The number of aliphatic hydroxyl groups is 1. The maximum absolute atomic E-state index is 12.0. The van der Waals surface area contributed by atoms with Gasteiger partial charge in [-0.2, -0.15) is 0 Å². The summed E-state index contributed by atoms with van der Waals surface area (Å²) in [7, 11) is 0. The van der Waals surface area contributed by atoms with Crippen molar-refractivity contribution >= 4 is 5.91 Å². The van der Waals surface area contributed by atoms with Gasteiger partial charge >= 0.3 is 0 Å². The van der Waals surface area contributed by atoms with Crippen molar-refractivity contribution in [2.24, 2.45) is 17.1 Å². The summed E-state index contributed by atoms with van der Waals surface area (Å²) < 4.78 is 5.19. The van der Waals surface area contributed by atoms with Gasteiger partial charge in [0, 0.05) is 12.6 Å². The van der Waals surface area contributed by atoms with Gasteiger partial charge in [0.2, 0.25) is 5.91 Å². The SMILES string of the molecule is CC1(C)CCC(O)(CNC(=O)C2COCC2N)CC1. The van der Waals surface area contributed by atoms with Crippen LogP contribution in [0.2, 0.25) is 0 Å². The van der Waals surface area contributed by atoms with Crippen LogP contribution >= 0.6 is 0 Å². The van der Waals surface area contributed by atoms with Crippen molar-refractivity contribution in [3.05, 3.63) is 0 Å². The normalized spacial score (nSPS) is 33.1. The molecular formula is C14H26N2O3. The van der Waals surface area contributed by atoms with Gasteiger partial charge in [0.1, 0.15) is 0 Å². The molecule has 5 nitrogen and oxygen atoms in total. The minimum absolute atomic E-state index is 0.0942. The third kappa shape index (κ3) is 3.68. The molecule has 19 heavy (non-hydrogen) atoms. The molecule has 1 aliphatic carbocycles. The molecule has 1 heterocycles. The Balaban J connectivity index is 1.80. The molecule has 2 atom stereocenters. The number of nitrogens with one attached hydrogen (secondary N) is 1. The number of hydrogen-bond donors (Lipinski definition) is 3. The van der Waals surface area contributed by atoms with E-state index in [0.29, 0.717) is 25.2 Å². The predicted molar refractivity (Wildman–Crippen MR) is 72.5 cm³/mol. The number of ether oxygens (including phenoxy) is 1. The molecule has 0 bridgehead atoms. The Kier molecular flexibility index (Phi) is 4.18. The van der Waals surface area contributed by atoms with Gasteiger partial charge in [0.15, 0.2) is 0 Å². The largest absolute Gasteiger partial charge is 0.388 e. The molecule has 2 rings (SSSR count). The first-order valence-electron chi connectivity index (χ1n) is 7.15. The Labute approximate surface area is 114 Å². The van der Waals surface area contributed by atoms with Gasteiger partial charge in [0.05, 0.1) is 24.7 Å². The van der Waals surface area contributed by atoms with Crippen molar-refractivity contribution in [3.63, 3.8) is 0 Å². The number of rotatable bonds is 3. The standard InChI is InChI=1S/C14H26N2O3/c1-13(2)3-5-14(18,6-4-13)9-16-12(17)10-7-19-8-11(10)15/h10-11,18H,3-9,15H2,1-2H3,(H,16,17). The third-order valence-corrected chi connectivity index (χ3v) is 4.59. The molecule has 0 aromatic rings. The van der Waals surface area contributed by atoms with Crippen molar-refractivity contribution < 1.29 is 14.6 Å². The molecule has 1 saturated carbocycles. The molecular weight excluding hydrogens is 244 g/mol. The molecule has 2 unspecified atom stereocenters. The van der Waals surface area contributed by atoms with Gasteiger partial charge in [-0.25, -0.2) is 0 Å². The van der Waals surface area contributed by atoms with E-state index < -0.39 is 5.60 Å².